The Morgan fingerprint density at radius 3 is 0.706 bits per heavy atom. The average Bonchev–Trinajstić information content (AvgIpc) is 3.14. The van der Waals surface area contributed by atoms with Crippen LogP contribution in [0.5, 0.6) is 0 Å². The van der Waals surface area contributed by atoms with E-state index >= 15 is 0 Å². The van der Waals surface area contributed by atoms with Gasteiger partial charge < -0.3 is 22.8 Å². The molecule has 0 fully saturated rings. The van der Waals surface area contributed by atoms with E-state index in [2.05, 4.69) is 239 Å². The van der Waals surface area contributed by atoms with Crippen LogP contribution in [0.3, 0.4) is 0 Å². The Labute approximate surface area is 298 Å². The van der Waals surface area contributed by atoms with Crippen molar-refractivity contribution in [3.05, 3.63) is 149 Å². The van der Waals surface area contributed by atoms with Gasteiger partial charge in [0.2, 0.25) is 26.8 Å². The summed E-state index contributed by atoms with van der Waals surface area (Å²) < 4.78 is 21.3. The molecule has 11 nitrogen and oxygen atoms in total. The monoisotopic (exact) mass is 684 g/mol. The summed E-state index contributed by atoms with van der Waals surface area (Å²) in [6.45, 7) is 0. The second-order valence-corrected chi connectivity index (χ2v) is 13.6. The second kappa shape index (κ2) is 14.4. The summed E-state index contributed by atoms with van der Waals surface area (Å²) in [7, 11) is 20.6. The molecule has 0 radical (unpaired) electrons. The molecule has 0 spiro atoms. The first kappa shape index (κ1) is 34.8. The quantitative estimate of drug-likeness (QED) is 0.240. The lowest BCUT2D eigenvalue weighted by Crippen LogP contribution is -2.25. The zero-order valence-electron chi connectivity index (χ0n) is 31.5. The molecule has 260 valence electrons. The molecule has 0 aliphatic heterocycles. The molecule has 0 N–H and O–H groups in total. The van der Waals surface area contributed by atoms with Crippen molar-refractivity contribution in [1.82, 2.24) is 50.7 Å². The third-order valence-electron chi connectivity index (χ3n) is 8.99. The number of nitrogens with zero attached hydrogens (tertiary/aromatic N) is 11. The summed E-state index contributed by atoms with van der Waals surface area (Å²) in [5.41, 5.74) is 2.79. The average molecular weight is 685 g/mol. The molecular formula is C40H50N11+5. The second-order valence-electron chi connectivity index (χ2n) is 13.6. The highest BCUT2D eigenvalue weighted by Gasteiger charge is 2.25. The van der Waals surface area contributed by atoms with Crippen molar-refractivity contribution in [2.24, 2.45) is 0 Å². The molecular weight excluding hydrogens is 635 g/mol. The third-order valence-corrected chi connectivity index (χ3v) is 8.99. The minimum Gasteiger partial charge on any atom is -0.320 e. The van der Waals surface area contributed by atoms with Gasteiger partial charge in [0.25, 0.3) is 0 Å². The van der Waals surface area contributed by atoms with Crippen LogP contribution in [0.15, 0.2) is 123 Å². The zero-order valence-corrected chi connectivity index (χ0v) is 31.5. The van der Waals surface area contributed by atoms with Gasteiger partial charge in [0.1, 0.15) is 87.5 Å². The van der Waals surface area contributed by atoms with Gasteiger partial charge in [-0.1, -0.05) is 0 Å². The van der Waals surface area contributed by atoms with E-state index in [4.69, 9.17) is 4.98 Å². The van der Waals surface area contributed by atoms with Crippen molar-refractivity contribution >= 4 is 0 Å². The van der Waals surface area contributed by atoms with Gasteiger partial charge in [0, 0.05) is 123 Å². The summed E-state index contributed by atoms with van der Waals surface area (Å²) in [4.78, 5) is 5.58. The normalized spacial score (nSPS) is 10.9. The molecule has 0 atom stereocenters. The van der Waals surface area contributed by atoms with Crippen molar-refractivity contribution in [3.8, 4) is 28.7 Å². The summed E-state index contributed by atoms with van der Waals surface area (Å²) in [5, 5.41) is 5.53. The standard InChI is InChI=1S/C40H50N11/c1-42(2)31-11-21-47(22-12-31)36-37(48-23-13-32(14-24-48)43(3)4)39(50-27-17-34(18-28-50)45(7)8)41-40(51-29-19-35(20-30-51)46(9)10)38(36)49-25-15-33(16-26-49)44(5)6/h11-30H,1-10H3/q+5. The van der Waals surface area contributed by atoms with Crippen LogP contribution >= 0.6 is 0 Å². The summed E-state index contributed by atoms with van der Waals surface area (Å²) >= 11 is 0. The van der Waals surface area contributed by atoms with Gasteiger partial charge in [0.05, 0.1) is 0 Å². The molecule has 6 aromatic rings. The van der Waals surface area contributed by atoms with Crippen molar-refractivity contribution in [3.63, 3.8) is 0 Å². The fourth-order valence-corrected chi connectivity index (χ4v) is 5.92. The van der Waals surface area contributed by atoms with Crippen LogP contribution in [-0.4, -0.2) is 98.3 Å². The molecule has 6 rings (SSSR count). The Morgan fingerprint density at radius 2 is 0.490 bits per heavy atom. The maximum absolute atomic E-state index is 5.58. The van der Waals surface area contributed by atoms with Gasteiger partial charge >= 0.3 is 0 Å². The first-order valence-corrected chi connectivity index (χ1v) is 17.0. The number of hydrogen-bond donors (Lipinski definition) is 0. The summed E-state index contributed by atoms with van der Waals surface area (Å²) in [6, 6.07) is 21.3. The van der Waals surface area contributed by atoms with Crippen molar-refractivity contribution in [2.45, 2.75) is 0 Å². The van der Waals surface area contributed by atoms with Crippen LogP contribution in [-0.2, 0) is 0 Å². The highest BCUT2D eigenvalue weighted by atomic mass is 15.2. The van der Waals surface area contributed by atoms with Crippen LogP contribution in [0.4, 0.5) is 0 Å². The number of pyridine rings is 6. The lowest BCUT2D eigenvalue weighted by atomic mass is 10.2. The predicted molar refractivity (Wildman–Crippen MR) is 206 cm³/mol. The SMILES string of the molecule is C[N+](C)=c1ccn(-c2nc(-n3ccc(=[N+](C)C)cc3)c(-n3ccc(=[N+](C)C)cc3)c(-n3ccc(=[N+](C)C)cc3)c2-n2ccc(=[N+](C)C)cc2)cc1. The smallest absolute Gasteiger partial charge is 0.202 e. The lowest BCUT2D eigenvalue weighted by Gasteiger charge is -2.26. The topological polar surface area (TPSA) is 52.6 Å². The molecule has 0 aliphatic carbocycles. The molecule has 0 aliphatic rings. The first-order valence-electron chi connectivity index (χ1n) is 17.0. The van der Waals surface area contributed by atoms with Gasteiger partial charge in [-0.05, 0) is 0 Å². The van der Waals surface area contributed by atoms with Crippen LogP contribution in [0.25, 0.3) is 28.7 Å². The minimum absolute atomic E-state index is 0.774. The molecule has 6 heterocycles. The Kier molecular flexibility index (Phi) is 9.81. The predicted octanol–water partition coefficient (Wildman–Crippen LogP) is 0.194. The van der Waals surface area contributed by atoms with Gasteiger partial charge in [-0.15, -0.1) is 0 Å². The van der Waals surface area contributed by atoms with E-state index in [0.717, 1.165) is 55.5 Å². The highest BCUT2D eigenvalue weighted by Crippen LogP contribution is 2.34. The Hall–Kier alpha value is -6.10. The molecule has 0 bridgehead atoms. The Balaban J connectivity index is 1.86. The fourth-order valence-electron chi connectivity index (χ4n) is 5.92. The highest BCUT2D eigenvalue weighted by molar-refractivity contribution is 5.75. The number of hydrogen-bond acceptors (Lipinski definition) is 1. The molecule has 0 saturated heterocycles. The van der Waals surface area contributed by atoms with E-state index < -0.39 is 0 Å². The number of aromatic nitrogens is 6. The van der Waals surface area contributed by atoms with Crippen LogP contribution in [0.2, 0.25) is 0 Å². The van der Waals surface area contributed by atoms with Gasteiger partial charge in [-0.25, -0.2) is 27.9 Å². The molecule has 0 unspecified atom stereocenters. The summed E-state index contributed by atoms with van der Waals surface area (Å²) in [6.07, 6.45) is 21.1. The maximum Gasteiger partial charge on any atom is 0.202 e. The third kappa shape index (κ3) is 7.14. The van der Waals surface area contributed by atoms with Crippen molar-refractivity contribution < 1.29 is 0 Å². The van der Waals surface area contributed by atoms with Gasteiger partial charge in [-0.3, -0.25) is 0 Å². The molecule has 0 amide bonds. The minimum atomic E-state index is 0.774. The molecule has 6 aromatic heterocycles. The van der Waals surface area contributed by atoms with E-state index in [1.807, 2.05) is 0 Å². The Morgan fingerprint density at radius 1 is 0.294 bits per heavy atom. The molecule has 11 heteroatoms. The van der Waals surface area contributed by atoms with Crippen LogP contribution in [0, 0.1) is 0 Å². The van der Waals surface area contributed by atoms with Gasteiger partial charge in [0.15, 0.2) is 11.6 Å². The molecule has 0 aromatic carbocycles. The van der Waals surface area contributed by atoms with Crippen molar-refractivity contribution in [1.29, 1.82) is 0 Å². The lowest BCUT2D eigenvalue weighted by molar-refractivity contribution is 0.788. The van der Waals surface area contributed by atoms with E-state index in [-0.39, 0.29) is 0 Å². The van der Waals surface area contributed by atoms with Gasteiger partial charge in [-0.2, -0.15) is 0 Å². The zero-order chi connectivity index (χ0) is 36.4. The fraction of sp³-hybridized carbons (Fsp3) is 0.250. The van der Waals surface area contributed by atoms with Crippen LogP contribution in [0.1, 0.15) is 0 Å². The van der Waals surface area contributed by atoms with Crippen LogP contribution < -0.4 is 49.7 Å². The first-order chi connectivity index (χ1) is 24.4. The largest absolute Gasteiger partial charge is 0.320 e. The Bertz CT molecular complexity index is 2380. The van der Waals surface area contributed by atoms with E-state index in [1.165, 1.54) is 0 Å². The van der Waals surface area contributed by atoms with E-state index in [0.29, 0.717) is 0 Å². The molecule has 51 heavy (non-hydrogen) atoms. The van der Waals surface area contributed by atoms with Crippen molar-refractivity contribution in [2.75, 3.05) is 70.5 Å². The van der Waals surface area contributed by atoms with E-state index in [9.17, 15) is 0 Å². The van der Waals surface area contributed by atoms with E-state index in [1.54, 1.807) is 0 Å². The molecule has 0 saturated carbocycles. The number of rotatable bonds is 5. The maximum atomic E-state index is 5.58. The summed E-state index contributed by atoms with van der Waals surface area (Å²) in [5.74, 6) is 1.55.